The lowest BCUT2D eigenvalue weighted by molar-refractivity contribution is 0.274. The molecule has 2 unspecified atom stereocenters. The lowest BCUT2D eigenvalue weighted by Gasteiger charge is -2.29. The van der Waals surface area contributed by atoms with Crippen molar-refractivity contribution in [3.05, 3.63) is 0 Å². The zero-order valence-electron chi connectivity index (χ0n) is 9.20. The Kier molecular flexibility index (Phi) is 3.33. The summed E-state index contributed by atoms with van der Waals surface area (Å²) in [6.45, 7) is 4.83. The maximum absolute atomic E-state index is 11.6. The molecule has 0 bridgehead atoms. The molecular weight excluding hydrogens is 212 g/mol. The quantitative estimate of drug-likeness (QED) is 0.733. The summed E-state index contributed by atoms with van der Waals surface area (Å²) < 4.78 is 26.0. The van der Waals surface area contributed by atoms with Crippen molar-refractivity contribution < 1.29 is 8.42 Å². The molecule has 2 aliphatic rings. The minimum atomic E-state index is -2.98. The Bertz CT molecular complexity index is 311. The van der Waals surface area contributed by atoms with Crippen LogP contribution in [0.2, 0.25) is 0 Å². The molecule has 2 rings (SSSR count). The van der Waals surface area contributed by atoms with Crippen LogP contribution in [0.25, 0.3) is 0 Å². The van der Waals surface area contributed by atoms with Crippen molar-refractivity contribution in [2.75, 3.05) is 19.6 Å². The number of sulfonamides is 1. The molecule has 0 aromatic heterocycles. The van der Waals surface area contributed by atoms with Gasteiger partial charge in [0.2, 0.25) is 10.0 Å². The molecule has 1 aliphatic heterocycles. The molecule has 5 heteroatoms. The summed E-state index contributed by atoms with van der Waals surface area (Å²) in [4.78, 5) is 0. The second-order valence-corrected chi connectivity index (χ2v) is 6.87. The first-order valence-corrected chi connectivity index (χ1v) is 7.33. The minimum absolute atomic E-state index is 0.0884. The van der Waals surface area contributed by atoms with Gasteiger partial charge in [0.25, 0.3) is 0 Å². The number of rotatable bonds is 4. The Morgan fingerprint density at radius 1 is 1.33 bits per heavy atom. The van der Waals surface area contributed by atoms with Crippen LogP contribution >= 0.6 is 0 Å². The van der Waals surface area contributed by atoms with E-state index in [2.05, 4.69) is 17.0 Å². The zero-order chi connectivity index (χ0) is 10.9. The molecule has 0 spiro atoms. The largest absolute Gasteiger partial charge is 0.316 e. The van der Waals surface area contributed by atoms with Crippen LogP contribution in [0.3, 0.4) is 0 Å². The first-order chi connectivity index (χ1) is 7.09. The summed E-state index contributed by atoms with van der Waals surface area (Å²) in [7, 11) is -2.98. The fourth-order valence-electron chi connectivity index (χ4n) is 2.09. The molecule has 0 aromatic carbocycles. The molecule has 88 valence electrons. The normalized spacial score (nSPS) is 32.9. The van der Waals surface area contributed by atoms with Crippen LogP contribution in [0.4, 0.5) is 0 Å². The van der Waals surface area contributed by atoms with E-state index in [4.69, 9.17) is 0 Å². The summed E-state index contributed by atoms with van der Waals surface area (Å²) in [6.07, 6.45) is 2.77. The summed E-state index contributed by atoms with van der Waals surface area (Å²) in [5, 5.41) is 3.23. The summed E-state index contributed by atoms with van der Waals surface area (Å²) in [5.41, 5.74) is 0. The molecule has 2 N–H and O–H groups in total. The van der Waals surface area contributed by atoms with Gasteiger partial charge in [0.1, 0.15) is 0 Å². The lowest BCUT2D eigenvalue weighted by atomic mass is 9.88. The van der Waals surface area contributed by atoms with Crippen LogP contribution in [0.1, 0.15) is 26.2 Å². The molecule has 4 nitrogen and oxygen atoms in total. The standard InChI is InChI=1S/C10H20N2O2S/c1-8-6-11-5-4-9(8)7-12-15(13,14)10-2-3-10/h8-12H,2-7H2,1H3. The Hall–Kier alpha value is -0.130. The summed E-state index contributed by atoms with van der Waals surface area (Å²) in [6, 6.07) is 0. The van der Waals surface area contributed by atoms with Crippen molar-refractivity contribution in [3.8, 4) is 0 Å². The molecular formula is C10H20N2O2S. The van der Waals surface area contributed by atoms with Crippen molar-refractivity contribution >= 4 is 10.0 Å². The predicted molar refractivity (Wildman–Crippen MR) is 60.1 cm³/mol. The number of hydrogen-bond donors (Lipinski definition) is 2. The highest BCUT2D eigenvalue weighted by atomic mass is 32.2. The van der Waals surface area contributed by atoms with Gasteiger partial charge in [-0.05, 0) is 44.2 Å². The molecule has 1 aliphatic carbocycles. The van der Waals surface area contributed by atoms with Gasteiger partial charge in [0.05, 0.1) is 5.25 Å². The second-order valence-electron chi connectivity index (χ2n) is 4.82. The van der Waals surface area contributed by atoms with Gasteiger partial charge in [-0.1, -0.05) is 6.92 Å². The predicted octanol–water partition coefficient (Wildman–Crippen LogP) is 0.314. The first-order valence-electron chi connectivity index (χ1n) is 5.79. The van der Waals surface area contributed by atoms with E-state index >= 15 is 0 Å². The second kappa shape index (κ2) is 4.39. The molecule has 0 amide bonds. The van der Waals surface area contributed by atoms with Gasteiger partial charge >= 0.3 is 0 Å². The van der Waals surface area contributed by atoms with Crippen molar-refractivity contribution in [1.29, 1.82) is 0 Å². The van der Waals surface area contributed by atoms with Crippen LogP contribution in [0.5, 0.6) is 0 Å². The van der Waals surface area contributed by atoms with Gasteiger partial charge in [-0.25, -0.2) is 13.1 Å². The van der Waals surface area contributed by atoms with Crippen molar-refractivity contribution in [2.24, 2.45) is 11.8 Å². The number of piperidine rings is 1. The van der Waals surface area contributed by atoms with Crippen LogP contribution < -0.4 is 10.0 Å². The zero-order valence-corrected chi connectivity index (χ0v) is 10.0. The fourth-order valence-corrected chi connectivity index (χ4v) is 3.53. The van der Waals surface area contributed by atoms with E-state index < -0.39 is 10.0 Å². The van der Waals surface area contributed by atoms with Crippen LogP contribution in [0, 0.1) is 11.8 Å². The fraction of sp³-hybridized carbons (Fsp3) is 1.00. The van der Waals surface area contributed by atoms with Gasteiger partial charge in [0.15, 0.2) is 0 Å². The molecule has 1 heterocycles. The molecule has 0 aromatic rings. The van der Waals surface area contributed by atoms with Crippen LogP contribution in [-0.2, 0) is 10.0 Å². The van der Waals surface area contributed by atoms with Crippen molar-refractivity contribution in [3.63, 3.8) is 0 Å². The van der Waals surface area contributed by atoms with Gasteiger partial charge in [0, 0.05) is 6.54 Å². The monoisotopic (exact) mass is 232 g/mol. The Labute approximate surface area is 91.9 Å². The van der Waals surface area contributed by atoms with Gasteiger partial charge in [-0.3, -0.25) is 0 Å². The van der Waals surface area contributed by atoms with Gasteiger partial charge in [-0.2, -0.15) is 0 Å². The minimum Gasteiger partial charge on any atom is -0.316 e. The summed E-state index contributed by atoms with van der Waals surface area (Å²) in [5.74, 6) is 1.07. The van der Waals surface area contributed by atoms with Crippen molar-refractivity contribution in [2.45, 2.75) is 31.4 Å². The summed E-state index contributed by atoms with van der Waals surface area (Å²) >= 11 is 0. The van der Waals surface area contributed by atoms with Crippen LogP contribution in [0.15, 0.2) is 0 Å². The third-order valence-corrected chi connectivity index (χ3v) is 5.39. The maximum Gasteiger partial charge on any atom is 0.214 e. The first kappa shape index (κ1) is 11.4. The van der Waals surface area contributed by atoms with E-state index in [-0.39, 0.29) is 5.25 Å². The Morgan fingerprint density at radius 3 is 2.67 bits per heavy atom. The van der Waals surface area contributed by atoms with Gasteiger partial charge in [-0.15, -0.1) is 0 Å². The SMILES string of the molecule is CC1CNCCC1CNS(=O)(=O)C1CC1. The number of hydrogen-bond acceptors (Lipinski definition) is 3. The Morgan fingerprint density at radius 2 is 2.07 bits per heavy atom. The third kappa shape index (κ3) is 2.92. The van der Waals surface area contributed by atoms with Gasteiger partial charge < -0.3 is 5.32 Å². The van der Waals surface area contributed by atoms with E-state index in [0.29, 0.717) is 18.4 Å². The third-order valence-electron chi connectivity index (χ3n) is 3.47. The van der Waals surface area contributed by atoms with Crippen LogP contribution in [-0.4, -0.2) is 33.3 Å². The van der Waals surface area contributed by atoms with E-state index in [1.165, 1.54) is 0 Å². The molecule has 15 heavy (non-hydrogen) atoms. The van der Waals surface area contributed by atoms with E-state index in [9.17, 15) is 8.42 Å². The molecule has 2 atom stereocenters. The Balaban J connectivity index is 1.81. The number of nitrogens with one attached hydrogen (secondary N) is 2. The smallest absolute Gasteiger partial charge is 0.214 e. The van der Waals surface area contributed by atoms with Crippen molar-refractivity contribution in [1.82, 2.24) is 10.0 Å². The molecule has 1 saturated heterocycles. The molecule has 2 fully saturated rings. The van der Waals surface area contributed by atoms with E-state index in [0.717, 1.165) is 32.4 Å². The average Bonchev–Trinajstić information content (AvgIpc) is 3.00. The topological polar surface area (TPSA) is 58.2 Å². The van der Waals surface area contributed by atoms with E-state index in [1.807, 2.05) is 0 Å². The highest BCUT2D eigenvalue weighted by Gasteiger charge is 2.36. The maximum atomic E-state index is 11.6. The highest BCUT2D eigenvalue weighted by molar-refractivity contribution is 7.90. The lowest BCUT2D eigenvalue weighted by Crippen LogP contribution is -2.41. The molecule has 1 saturated carbocycles. The van der Waals surface area contributed by atoms with E-state index in [1.54, 1.807) is 0 Å². The highest BCUT2D eigenvalue weighted by Crippen LogP contribution is 2.28. The average molecular weight is 232 g/mol. The molecule has 0 radical (unpaired) electrons.